The molecule has 4 aromatic rings. The number of fused-ring (bicyclic) bond motifs is 1. The molecule has 0 atom stereocenters. The minimum atomic E-state index is 0.391. The predicted molar refractivity (Wildman–Crippen MR) is 95.8 cm³/mol. The first-order valence-corrected chi connectivity index (χ1v) is 8.06. The standard InChI is InChI=1S/C19H17N5O/c1-12-6-8-14(9-7-12)11-16-17(20-15-5-3-4-13(2)10-15)22-19-18(21-16)23-25-24-19/h3-10H,11H2,1-2H3,(H,20,22,24). The SMILES string of the molecule is Cc1ccc(Cc2nc3nonc3nc2Nc2cccc(C)c2)cc1. The molecule has 4 rings (SSSR count). The molecule has 0 aliphatic rings. The summed E-state index contributed by atoms with van der Waals surface area (Å²) in [6, 6.07) is 16.5. The molecule has 25 heavy (non-hydrogen) atoms. The van der Waals surface area contributed by atoms with Crippen LogP contribution in [0.1, 0.15) is 22.4 Å². The Hall–Kier alpha value is -3.28. The summed E-state index contributed by atoms with van der Waals surface area (Å²) in [5.74, 6) is 0.661. The fraction of sp³-hybridized carbons (Fsp3) is 0.158. The summed E-state index contributed by atoms with van der Waals surface area (Å²) < 4.78 is 4.76. The molecule has 2 heterocycles. The zero-order valence-corrected chi connectivity index (χ0v) is 14.0. The van der Waals surface area contributed by atoms with E-state index in [-0.39, 0.29) is 0 Å². The zero-order chi connectivity index (χ0) is 17.2. The van der Waals surface area contributed by atoms with Crippen molar-refractivity contribution in [2.45, 2.75) is 20.3 Å². The minimum Gasteiger partial charge on any atom is -0.339 e. The van der Waals surface area contributed by atoms with Crippen LogP contribution in [0.3, 0.4) is 0 Å². The van der Waals surface area contributed by atoms with Crippen molar-refractivity contribution in [1.82, 2.24) is 20.3 Å². The number of hydrogen-bond acceptors (Lipinski definition) is 6. The highest BCUT2D eigenvalue weighted by Gasteiger charge is 2.13. The molecule has 0 fully saturated rings. The lowest BCUT2D eigenvalue weighted by molar-refractivity contribution is 0.314. The normalized spacial score (nSPS) is 11.0. The molecule has 0 spiro atoms. The summed E-state index contributed by atoms with van der Waals surface area (Å²) in [4.78, 5) is 9.11. The van der Waals surface area contributed by atoms with Crippen molar-refractivity contribution in [3.8, 4) is 0 Å². The van der Waals surface area contributed by atoms with Crippen molar-refractivity contribution >= 4 is 22.8 Å². The Balaban J connectivity index is 1.74. The molecule has 0 unspecified atom stereocenters. The highest BCUT2D eigenvalue weighted by molar-refractivity contribution is 5.69. The quantitative estimate of drug-likeness (QED) is 0.610. The molecule has 0 amide bonds. The van der Waals surface area contributed by atoms with Gasteiger partial charge in [0.1, 0.15) is 0 Å². The van der Waals surface area contributed by atoms with Gasteiger partial charge in [-0.05, 0) is 47.4 Å². The molecule has 6 nitrogen and oxygen atoms in total. The largest absolute Gasteiger partial charge is 0.339 e. The van der Waals surface area contributed by atoms with Crippen LogP contribution < -0.4 is 5.32 Å². The number of nitrogens with zero attached hydrogens (tertiary/aromatic N) is 4. The molecule has 2 aromatic heterocycles. The first-order valence-electron chi connectivity index (χ1n) is 8.06. The van der Waals surface area contributed by atoms with Gasteiger partial charge in [0.2, 0.25) is 11.3 Å². The van der Waals surface area contributed by atoms with Crippen molar-refractivity contribution in [2.75, 3.05) is 5.32 Å². The van der Waals surface area contributed by atoms with Gasteiger partial charge in [-0.15, -0.1) is 0 Å². The van der Waals surface area contributed by atoms with Crippen LogP contribution >= 0.6 is 0 Å². The second-order valence-electron chi connectivity index (χ2n) is 6.09. The van der Waals surface area contributed by atoms with E-state index in [4.69, 9.17) is 4.63 Å². The zero-order valence-electron chi connectivity index (χ0n) is 14.0. The highest BCUT2D eigenvalue weighted by atomic mass is 16.6. The maximum Gasteiger partial charge on any atom is 0.245 e. The number of anilines is 2. The fourth-order valence-corrected chi connectivity index (χ4v) is 2.65. The van der Waals surface area contributed by atoms with Gasteiger partial charge in [-0.3, -0.25) is 0 Å². The molecular formula is C19H17N5O. The van der Waals surface area contributed by atoms with Crippen LogP contribution in [0.5, 0.6) is 0 Å². The Morgan fingerprint density at radius 2 is 1.64 bits per heavy atom. The van der Waals surface area contributed by atoms with Gasteiger partial charge in [-0.25, -0.2) is 14.6 Å². The molecule has 124 valence electrons. The molecule has 1 N–H and O–H groups in total. The summed E-state index contributed by atoms with van der Waals surface area (Å²) in [5.41, 5.74) is 6.11. The van der Waals surface area contributed by atoms with Gasteiger partial charge in [-0.2, -0.15) is 0 Å². The second-order valence-corrected chi connectivity index (χ2v) is 6.09. The second kappa shape index (κ2) is 6.32. The Bertz CT molecular complexity index is 1020. The Morgan fingerprint density at radius 3 is 2.40 bits per heavy atom. The maximum atomic E-state index is 4.76. The van der Waals surface area contributed by atoms with Gasteiger partial charge in [0, 0.05) is 12.1 Å². The van der Waals surface area contributed by atoms with Gasteiger partial charge >= 0.3 is 0 Å². The van der Waals surface area contributed by atoms with E-state index in [0.717, 1.165) is 16.9 Å². The lowest BCUT2D eigenvalue weighted by Gasteiger charge is -2.11. The predicted octanol–water partition coefficient (Wildman–Crippen LogP) is 3.96. The van der Waals surface area contributed by atoms with Gasteiger partial charge in [0.25, 0.3) is 0 Å². The number of benzene rings is 2. The molecule has 0 bridgehead atoms. The van der Waals surface area contributed by atoms with Gasteiger partial charge in [0.05, 0.1) is 5.69 Å². The van der Waals surface area contributed by atoms with E-state index >= 15 is 0 Å². The molecule has 0 radical (unpaired) electrons. The third kappa shape index (κ3) is 3.33. The molecule has 0 aliphatic carbocycles. The van der Waals surface area contributed by atoms with Crippen LogP contribution in [-0.2, 0) is 6.42 Å². The van der Waals surface area contributed by atoms with Crippen LogP contribution in [0.4, 0.5) is 11.5 Å². The van der Waals surface area contributed by atoms with E-state index in [0.29, 0.717) is 23.5 Å². The van der Waals surface area contributed by atoms with Crippen LogP contribution in [0.25, 0.3) is 11.3 Å². The van der Waals surface area contributed by atoms with Gasteiger partial charge in [-0.1, -0.05) is 42.0 Å². The minimum absolute atomic E-state index is 0.391. The third-order valence-corrected chi connectivity index (χ3v) is 3.96. The lowest BCUT2D eigenvalue weighted by atomic mass is 10.1. The van der Waals surface area contributed by atoms with Crippen molar-refractivity contribution in [1.29, 1.82) is 0 Å². The van der Waals surface area contributed by atoms with E-state index in [1.54, 1.807) is 0 Å². The molecule has 0 saturated heterocycles. The van der Waals surface area contributed by atoms with Crippen molar-refractivity contribution in [3.05, 3.63) is 70.9 Å². The van der Waals surface area contributed by atoms with Crippen molar-refractivity contribution < 1.29 is 4.63 Å². The monoisotopic (exact) mass is 331 g/mol. The number of rotatable bonds is 4. The van der Waals surface area contributed by atoms with Crippen LogP contribution in [-0.4, -0.2) is 20.3 Å². The number of aromatic nitrogens is 4. The van der Waals surface area contributed by atoms with E-state index in [2.05, 4.69) is 75.8 Å². The average Bonchev–Trinajstić information content (AvgIpc) is 3.04. The Labute approximate surface area is 144 Å². The van der Waals surface area contributed by atoms with Gasteiger partial charge < -0.3 is 5.32 Å². The molecule has 0 aliphatic heterocycles. The van der Waals surface area contributed by atoms with Crippen LogP contribution in [0, 0.1) is 13.8 Å². The van der Waals surface area contributed by atoms with Crippen LogP contribution in [0.15, 0.2) is 53.2 Å². The van der Waals surface area contributed by atoms with E-state index in [1.807, 2.05) is 12.1 Å². The topological polar surface area (TPSA) is 76.7 Å². The average molecular weight is 331 g/mol. The summed E-state index contributed by atoms with van der Waals surface area (Å²) in [5, 5.41) is 11.0. The highest BCUT2D eigenvalue weighted by Crippen LogP contribution is 2.23. The summed E-state index contributed by atoms with van der Waals surface area (Å²) >= 11 is 0. The maximum absolute atomic E-state index is 4.76. The van der Waals surface area contributed by atoms with Crippen molar-refractivity contribution in [2.24, 2.45) is 0 Å². The summed E-state index contributed by atoms with van der Waals surface area (Å²) in [7, 11) is 0. The van der Waals surface area contributed by atoms with Gasteiger partial charge in [0.15, 0.2) is 5.82 Å². The third-order valence-electron chi connectivity index (χ3n) is 3.96. The molecule has 6 heteroatoms. The van der Waals surface area contributed by atoms with E-state index < -0.39 is 0 Å². The lowest BCUT2D eigenvalue weighted by Crippen LogP contribution is -2.04. The summed E-state index contributed by atoms with van der Waals surface area (Å²) in [6.07, 6.45) is 0.643. The number of hydrogen-bond donors (Lipinski definition) is 1. The summed E-state index contributed by atoms with van der Waals surface area (Å²) in [6.45, 7) is 4.12. The number of aryl methyl sites for hydroxylation is 2. The molecule has 0 saturated carbocycles. The Kier molecular flexibility index (Phi) is 3.85. The Morgan fingerprint density at radius 1 is 0.880 bits per heavy atom. The van der Waals surface area contributed by atoms with E-state index in [9.17, 15) is 0 Å². The van der Waals surface area contributed by atoms with Crippen LogP contribution in [0.2, 0.25) is 0 Å². The smallest absolute Gasteiger partial charge is 0.245 e. The molecular weight excluding hydrogens is 314 g/mol. The van der Waals surface area contributed by atoms with E-state index in [1.165, 1.54) is 11.1 Å². The fourth-order valence-electron chi connectivity index (χ4n) is 2.65. The first kappa shape index (κ1) is 15.3. The molecule has 2 aromatic carbocycles. The first-order chi connectivity index (χ1) is 12.2. The van der Waals surface area contributed by atoms with Crippen molar-refractivity contribution in [3.63, 3.8) is 0 Å². The number of nitrogens with one attached hydrogen (secondary N) is 1.